The van der Waals surface area contributed by atoms with E-state index in [2.05, 4.69) is 34.3 Å². The number of likely N-dealkylation sites (N-methyl/N-ethyl adjacent to an activating group) is 1. The van der Waals surface area contributed by atoms with Crippen LogP contribution in [0.2, 0.25) is 0 Å². The van der Waals surface area contributed by atoms with Crippen molar-refractivity contribution in [2.75, 3.05) is 32.1 Å². The third-order valence-corrected chi connectivity index (χ3v) is 8.48. The number of aromatic nitrogens is 3. The molecule has 1 atom stereocenters. The molecule has 5 rings (SSSR count). The molecule has 1 aliphatic carbocycles. The molecule has 2 aromatic heterocycles. The molecule has 2 aliphatic heterocycles. The summed E-state index contributed by atoms with van der Waals surface area (Å²) in [6, 6.07) is 5.02. The number of rotatable bonds is 3. The lowest BCUT2D eigenvalue weighted by atomic mass is 9.90. The molecule has 0 aromatic carbocycles. The maximum atomic E-state index is 14.2. The van der Waals surface area contributed by atoms with E-state index in [9.17, 15) is 14.4 Å². The molecular weight excluding hydrogens is 486 g/mol. The number of pyridine rings is 1. The van der Waals surface area contributed by atoms with E-state index >= 15 is 0 Å². The van der Waals surface area contributed by atoms with Crippen molar-refractivity contribution >= 4 is 23.8 Å². The Morgan fingerprint density at radius 3 is 2.58 bits per heavy atom. The van der Waals surface area contributed by atoms with Crippen molar-refractivity contribution in [3.63, 3.8) is 0 Å². The van der Waals surface area contributed by atoms with Gasteiger partial charge in [0, 0.05) is 36.4 Å². The maximum absolute atomic E-state index is 14.2. The zero-order valence-electron chi connectivity index (χ0n) is 22.9. The lowest BCUT2D eigenvalue weighted by Crippen LogP contribution is -2.66. The van der Waals surface area contributed by atoms with E-state index < -0.39 is 17.5 Å². The number of amides is 3. The summed E-state index contributed by atoms with van der Waals surface area (Å²) in [6.07, 6.45) is 5.42. The second kappa shape index (κ2) is 9.68. The summed E-state index contributed by atoms with van der Waals surface area (Å²) < 4.78 is 6.46. The smallest absolute Gasteiger partial charge is 0.435 e. The number of nitrogens with zero attached hydrogens (tertiary/aromatic N) is 6. The summed E-state index contributed by atoms with van der Waals surface area (Å²) in [5.74, 6) is -0.217. The van der Waals surface area contributed by atoms with Crippen LogP contribution in [0.3, 0.4) is 0 Å². The van der Waals surface area contributed by atoms with Gasteiger partial charge in [0.05, 0.1) is 24.4 Å². The molecule has 1 saturated carbocycles. The minimum absolute atomic E-state index is 0.0163. The summed E-state index contributed by atoms with van der Waals surface area (Å²) in [7, 11) is 2.17. The van der Waals surface area contributed by atoms with Gasteiger partial charge in [-0.3, -0.25) is 14.7 Å². The molecule has 38 heavy (non-hydrogen) atoms. The molecule has 1 N–H and O–H groups in total. The van der Waals surface area contributed by atoms with Crippen LogP contribution in [-0.2, 0) is 16.8 Å². The first-order valence-electron chi connectivity index (χ1n) is 13.4. The molecule has 0 bridgehead atoms. The van der Waals surface area contributed by atoms with Gasteiger partial charge in [0.25, 0.3) is 5.91 Å². The first-order valence-corrected chi connectivity index (χ1v) is 13.4. The molecule has 11 heteroatoms. The number of hydrogen-bond donors (Lipinski definition) is 1. The fourth-order valence-electron chi connectivity index (χ4n) is 6.37. The Balaban J connectivity index is 1.48. The van der Waals surface area contributed by atoms with E-state index in [1.165, 1.54) is 23.7 Å². The van der Waals surface area contributed by atoms with Crippen molar-refractivity contribution in [2.24, 2.45) is 0 Å². The summed E-state index contributed by atoms with van der Waals surface area (Å²) in [6.45, 7) is 9.51. The zero-order chi connectivity index (χ0) is 27.2. The third-order valence-electron chi connectivity index (χ3n) is 8.48. The van der Waals surface area contributed by atoms with E-state index in [0.29, 0.717) is 17.8 Å². The fourth-order valence-corrected chi connectivity index (χ4v) is 6.37. The number of fused-ring (bicyclic) bond motifs is 1. The number of carbonyl (C=O) groups excluding carboxylic acids is 3. The van der Waals surface area contributed by atoms with Crippen LogP contribution in [0.15, 0.2) is 24.4 Å². The largest absolute Gasteiger partial charge is 0.448 e. The quantitative estimate of drug-likeness (QED) is 0.653. The van der Waals surface area contributed by atoms with Crippen LogP contribution in [0.25, 0.3) is 0 Å². The standard InChI is InChI=1S/C27H37N7O4/c1-6-38-25(37)34-21-19(22(30-34)29-23(35)20-11-7-10-14-28-20)16-33(26(21,3)4)24(36)32-17-27(12-8-9-13-27)31(5)15-18(32)2/h7,10-11,14,18H,6,8-9,12-13,15-17H2,1-5H3,(H,29,30,35)/t18-/m0/s1. The van der Waals surface area contributed by atoms with Crippen LogP contribution in [0.5, 0.6) is 0 Å². The molecule has 2 aromatic rings. The molecule has 1 saturated heterocycles. The number of piperazine rings is 1. The molecule has 2 fully saturated rings. The Bertz CT molecular complexity index is 1240. The molecule has 0 radical (unpaired) electrons. The Hall–Kier alpha value is -3.47. The van der Waals surface area contributed by atoms with E-state index in [0.717, 1.165) is 19.4 Å². The Morgan fingerprint density at radius 2 is 1.92 bits per heavy atom. The summed E-state index contributed by atoms with van der Waals surface area (Å²) in [4.78, 5) is 50.4. The number of carbonyl (C=O) groups is 3. The molecule has 11 nitrogen and oxygen atoms in total. The highest BCUT2D eigenvalue weighted by Gasteiger charge is 2.51. The highest BCUT2D eigenvalue weighted by molar-refractivity contribution is 6.03. The van der Waals surface area contributed by atoms with Crippen molar-refractivity contribution in [3.05, 3.63) is 41.3 Å². The monoisotopic (exact) mass is 523 g/mol. The third kappa shape index (κ3) is 4.22. The van der Waals surface area contributed by atoms with Gasteiger partial charge in [0.2, 0.25) is 0 Å². The van der Waals surface area contributed by atoms with Gasteiger partial charge in [-0.25, -0.2) is 9.59 Å². The van der Waals surface area contributed by atoms with Gasteiger partial charge in [0.1, 0.15) is 5.69 Å². The highest BCUT2D eigenvalue weighted by atomic mass is 16.6. The molecule has 1 spiro atoms. The van der Waals surface area contributed by atoms with Gasteiger partial charge in [-0.1, -0.05) is 18.9 Å². The maximum Gasteiger partial charge on any atom is 0.435 e. The Morgan fingerprint density at radius 1 is 1.18 bits per heavy atom. The minimum atomic E-state index is -0.869. The molecule has 204 valence electrons. The number of urea groups is 1. The van der Waals surface area contributed by atoms with Gasteiger partial charge in [-0.15, -0.1) is 5.10 Å². The van der Waals surface area contributed by atoms with Gasteiger partial charge in [-0.05, 0) is 59.7 Å². The number of ether oxygens (including phenoxy) is 1. The predicted octanol–water partition coefficient (Wildman–Crippen LogP) is 3.65. The van der Waals surface area contributed by atoms with Crippen LogP contribution in [0.1, 0.15) is 75.1 Å². The van der Waals surface area contributed by atoms with Crippen LogP contribution in [-0.4, -0.2) is 85.8 Å². The van der Waals surface area contributed by atoms with Crippen molar-refractivity contribution in [2.45, 2.75) is 77.0 Å². The van der Waals surface area contributed by atoms with E-state index in [-0.39, 0.29) is 42.3 Å². The van der Waals surface area contributed by atoms with E-state index in [1.807, 2.05) is 18.7 Å². The summed E-state index contributed by atoms with van der Waals surface area (Å²) >= 11 is 0. The average molecular weight is 524 g/mol. The second-order valence-electron chi connectivity index (χ2n) is 11.2. The highest BCUT2D eigenvalue weighted by Crippen LogP contribution is 2.44. The first-order chi connectivity index (χ1) is 18.1. The van der Waals surface area contributed by atoms with Crippen molar-refractivity contribution in [3.8, 4) is 0 Å². The number of anilines is 1. The lowest BCUT2D eigenvalue weighted by molar-refractivity contribution is -0.00765. The molecule has 3 amide bonds. The molecule has 4 heterocycles. The van der Waals surface area contributed by atoms with E-state index in [1.54, 1.807) is 30.0 Å². The van der Waals surface area contributed by atoms with Gasteiger partial charge >= 0.3 is 12.1 Å². The van der Waals surface area contributed by atoms with Gasteiger partial charge < -0.3 is 19.9 Å². The van der Waals surface area contributed by atoms with Crippen molar-refractivity contribution < 1.29 is 19.1 Å². The van der Waals surface area contributed by atoms with Gasteiger partial charge in [-0.2, -0.15) is 4.68 Å². The molecule has 3 aliphatic rings. The van der Waals surface area contributed by atoms with Crippen LogP contribution < -0.4 is 5.32 Å². The van der Waals surface area contributed by atoms with E-state index in [4.69, 9.17) is 4.74 Å². The van der Waals surface area contributed by atoms with Crippen molar-refractivity contribution in [1.82, 2.24) is 29.5 Å². The minimum Gasteiger partial charge on any atom is -0.448 e. The SMILES string of the molecule is CCOC(=O)n1nc(NC(=O)c2ccccn2)c2c1C(C)(C)N(C(=O)N1CC3(CCCC3)N(C)C[C@@H]1C)C2. The molecular formula is C27H37N7O4. The van der Waals surface area contributed by atoms with Crippen LogP contribution >= 0.6 is 0 Å². The summed E-state index contributed by atoms with van der Waals surface area (Å²) in [5, 5.41) is 7.23. The first kappa shape index (κ1) is 26.1. The Kier molecular flexibility index (Phi) is 6.66. The van der Waals surface area contributed by atoms with Crippen LogP contribution in [0.4, 0.5) is 15.4 Å². The van der Waals surface area contributed by atoms with Crippen molar-refractivity contribution in [1.29, 1.82) is 0 Å². The normalized spacial score (nSPS) is 22.0. The van der Waals surface area contributed by atoms with Gasteiger partial charge in [0.15, 0.2) is 5.82 Å². The Labute approximate surface area is 223 Å². The van der Waals surface area contributed by atoms with Crippen LogP contribution in [0, 0.1) is 0 Å². The zero-order valence-corrected chi connectivity index (χ0v) is 22.9. The number of hydrogen-bond acceptors (Lipinski definition) is 7. The fraction of sp³-hybridized carbons (Fsp3) is 0.593. The second-order valence-corrected chi connectivity index (χ2v) is 11.2. The predicted molar refractivity (Wildman–Crippen MR) is 141 cm³/mol. The topological polar surface area (TPSA) is 113 Å². The lowest BCUT2D eigenvalue weighted by Gasteiger charge is -2.52. The average Bonchev–Trinajstić information content (AvgIpc) is 3.57. The number of nitrogens with one attached hydrogen (secondary N) is 1. The molecule has 0 unspecified atom stereocenters. The summed E-state index contributed by atoms with van der Waals surface area (Å²) in [5.41, 5.74) is 0.537.